The molecule has 1 unspecified atom stereocenters. The van der Waals surface area contributed by atoms with Crippen LogP contribution in [0.4, 0.5) is 0 Å². The van der Waals surface area contributed by atoms with E-state index < -0.39 is 5.54 Å². The summed E-state index contributed by atoms with van der Waals surface area (Å²) in [6.07, 6.45) is 1.56. The summed E-state index contributed by atoms with van der Waals surface area (Å²) in [6, 6.07) is 11.1. The van der Waals surface area contributed by atoms with Crippen molar-refractivity contribution in [3.8, 4) is 17.6 Å². The maximum atomic E-state index is 11.3. The minimum Gasteiger partial charge on any atom is -0.481 e. The molecule has 0 aliphatic carbocycles. The van der Waals surface area contributed by atoms with Crippen molar-refractivity contribution in [2.24, 2.45) is 5.73 Å². The third-order valence-corrected chi connectivity index (χ3v) is 4.79. The van der Waals surface area contributed by atoms with E-state index in [0.29, 0.717) is 11.3 Å². The standard InChI is InChI=1S/C20H23NO3S/c1-15(23)16-5-3-6-17(13-16)24-12-4-7-18-8-9-19(25-18)10-11-20(2,21)14-22/h3,5-6,8-9,13,22H,10-12,14,21H2,1-2H3. The second-order valence-electron chi connectivity index (χ2n) is 6.25. The van der Waals surface area contributed by atoms with Crippen LogP contribution in [0.2, 0.25) is 0 Å². The van der Waals surface area contributed by atoms with Gasteiger partial charge in [0.2, 0.25) is 0 Å². The zero-order valence-electron chi connectivity index (χ0n) is 14.5. The van der Waals surface area contributed by atoms with E-state index in [9.17, 15) is 9.90 Å². The quantitative estimate of drug-likeness (QED) is 0.590. The Morgan fingerprint density at radius 3 is 2.88 bits per heavy atom. The normalized spacial score (nSPS) is 12.8. The van der Waals surface area contributed by atoms with Gasteiger partial charge in [0.15, 0.2) is 5.78 Å². The number of hydrogen-bond acceptors (Lipinski definition) is 5. The van der Waals surface area contributed by atoms with E-state index in [1.165, 1.54) is 11.8 Å². The average molecular weight is 357 g/mol. The van der Waals surface area contributed by atoms with Gasteiger partial charge in [0.25, 0.3) is 0 Å². The summed E-state index contributed by atoms with van der Waals surface area (Å²) in [5.41, 5.74) is 6.03. The lowest BCUT2D eigenvalue weighted by Gasteiger charge is -2.20. The lowest BCUT2D eigenvalue weighted by atomic mass is 9.98. The maximum Gasteiger partial charge on any atom is 0.159 e. The molecule has 0 fully saturated rings. The average Bonchev–Trinajstić information content (AvgIpc) is 3.05. The predicted octanol–water partition coefficient (Wildman–Crippen LogP) is 3.02. The van der Waals surface area contributed by atoms with Crippen molar-refractivity contribution < 1.29 is 14.6 Å². The first-order chi connectivity index (χ1) is 11.9. The van der Waals surface area contributed by atoms with Crippen LogP contribution in [-0.4, -0.2) is 29.6 Å². The van der Waals surface area contributed by atoms with Gasteiger partial charge in [-0.2, -0.15) is 0 Å². The summed E-state index contributed by atoms with van der Waals surface area (Å²) in [5.74, 6) is 6.71. The number of ether oxygens (including phenoxy) is 1. The van der Waals surface area contributed by atoms with Crippen molar-refractivity contribution in [1.82, 2.24) is 0 Å². The van der Waals surface area contributed by atoms with E-state index in [1.807, 2.05) is 25.1 Å². The molecule has 0 bridgehead atoms. The third kappa shape index (κ3) is 6.35. The van der Waals surface area contributed by atoms with Crippen molar-refractivity contribution >= 4 is 17.1 Å². The Hall–Kier alpha value is -2.13. The molecular weight excluding hydrogens is 334 g/mol. The second-order valence-corrected chi connectivity index (χ2v) is 7.42. The molecule has 0 radical (unpaired) electrons. The van der Waals surface area contributed by atoms with Gasteiger partial charge in [0.05, 0.1) is 11.5 Å². The predicted molar refractivity (Wildman–Crippen MR) is 101 cm³/mol. The summed E-state index contributed by atoms with van der Waals surface area (Å²) in [6.45, 7) is 3.62. The van der Waals surface area contributed by atoms with Crippen molar-refractivity contribution in [3.63, 3.8) is 0 Å². The molecule has 2 aromatic rings. The van der Waals surface area contributed by atoms with Crippen molar-refractivity contribution in [2.75, 3.05) is 13.2 Å². The van der Waals surface area contributed by atoms with E-state index in [2.05, 4.69) is 11.8 Å². The topological polar surface area (TPSA) is 72.5 Å². The molecule has 0 aliphatic heterocycles. The largest absolute Gasteiger partial charge is 0.481 e. The number of carbonyl (C=O) groups is 1. The first-order valence-electron chi connectivity index (χ1n) is 8.11. The number of benzene rings is 1. The number of hydrogen-bond donors (Lipinski definition) is 2. The maximum absolute atomic E-state index is 11.3. The number of ketones is 1. The van der Waals surface area contributed by atoms with E-state index >= 15 is 0 Å². The zero-order chi connectivity index (χ0) is 18.3. The van der Waals surface area contributed by atoms with Gasteiger partial charge in [0.1, 0.15) is 12.4 Å². The molecule has 1 aromatic carbocycles. The van der Waals surface area contributed by atoms with Gasteiger partial charge < -0.3 is 15.6 Å². The first kappa shape index (κ1) is 19.2. The molecule has 132 valence electrons. The fourth-order valence-electron chi connectivity index (χ4n) is 2.11. The van der Waals surface area contributed by atoms with Crippen molar-refractivity contribution in [2.45, 2.75) is 32.2 Å². The summed E-state index contributed by atoms with van der Waals surface area (Å²) in [4.78, 5) is 13.5. The Kier molecular flexibility index (Phi) is 6.77. The highest BCUT2D eigenvalue weighted by atomic mass is 32.1. The Balaban J connectivity index is 1.86. The lowest BCUT2D eigenvalue weighted by molar-refractivity contribution is 0.101. The highest BCUT2D eigenvalue weighted by Crippen LogP contribution is 2.19. The van der Waals surface area contributed by atoms with Crippen LogP contribution >= 0.6 is 11.3 Å². The minimum absolute atomic E-state index is 0.0115. The number of aryl methyl sites for hydroxylation is 1. The number of aliphatic hydroxyl groups excluding tert-OH is 1. The highest BCUT2D eigenvalue weighted by Gasteiger charge is 2.16. The molecule has 1 aromatic heterocycles. The molecule has 3 N–H and O–H groups in total. The number of aliphatic hydroxyl groups is 1. The van der Waals surface area contributed by atoms with Crippen molar-refractivity contribution in [1.29, 1.82) is 0 Å². The molecular formula is C20H23NO3S. The molecule has 0 saturated heterocycles. The van der Waals surface area contributed by atoms with E-state index in [4.69, 9.17) is 10.5 Å². The van der Waals surface area contributed by atoms with Gasteiger partial charge in [-0.3, -0.25) is 4.79 Å². The van der Waals surface area contributed by atoms with Crippen LogP contribution in [0.25, 0.3) is 0 Å². The fourth-order valence-corrected chi connectivity index (χ4v) is 3.00. The van der Waals surface area contributed by atoms with Crippen molar-refractivity contribution in [3.05, 3.63) is 51.7 Å². The summed E-state index contributed by atoms with van der Waals surface area (Å²) in [5, 5.41) is 9.19. The first-order valence-corrected chi connectivity index (χ1v) is 8.92. The van der Waals surface area contributed by atoms with E-state index in [-0.39, 0.29) is 19.0 Å². The summed E-state index contributed by atoms with van der Waals surface area (Å²) < 4.78 is 5.57. The molecule has 2 rings (SSSR count). The molecule has 4 nitrogen and oxygen atoms in total. The SMILES string of the molecule is CC(=O)c1cccc(OCC#Cc2ccc(CCC(C)(N)CO)s2)c1. The monoisotopic (exact) mass is 357 g/mol. The Labute approximate surface area is 152 Å². The highest BCUT2D eigenvalue weighted by molar-refractivity contribution is 7.12. The van der Waals surface area contributed by atoms with Crippen LogP contribution in [-0.2, 0) is 6.42 Å². The molecule has 1 heterocycles. The van der Waals surface area contributed by atoms with Gasteiger partial charge in [-0.05, 0) is 51.0 Å². The zero-order valence-corrected chi connectivity index (χ0v) is 15.4. The number of rotatable bonds is 7. The van der Waals surface area contributed by atoms with Gasteiger partial charge in [-0.25, -0.2) is 0 Å². The number of Topliss-reactive ketones (excluding diaryl/α,β-unsaturated/α-hetero) is 1. The molecule has 5 heteroatoms. The fraction of sp³-hybridized carbons (Fsp3) is 0.350. The molecule has 0 saturated carbocycles. The molecule has 25 heavy (non-hydrogen) atoms. The van der Waals surface area contributed by atoms with Crippen LogP contribution in [0.3, 0.4) is 0 Å². The van der Waals surface area contributed by atoms with Gasteiger partial charge >= 0.3 is 0 Å². The smallest absolute Gasteiger partial charge is 0.159 e. The third-order valence-electron chi connectivity index (χ3n) is 3.73. The summed E-state index contributed by atoms with van der Waals surface area (Å²) >= 11 is 1.63. The molecule has 0 amide bonds. The van der Waals surface area contributed by atoms with Gasteiger partial charge in [-0.15, -0.1) is 11.3 Å². The lowest BCUT2D eigenvalue weighted by Crippen LogP contribution is -2.40. The van der Waals surface area contributed by atoms with Crippen LogP contribution in [0, 0.1) is 11.8 Å². The number of thiophene rings is 1. The Bertz CT molecular complexity index is 783. The Morgan fingerprint density at radius 2 is 2.16 bits per heavy atom. The van der Waals surface area contributed by atoms with Gasteiger partial charge in [0, 0.05) is 16.0 Å². The molecule has 0 aliphatic rings. The van der Waals surface area contributed by atoms with Crippen LogP contribution in [0.15, 0.2) is 36.4 Å². The Morgan fingerprint density at radius 1 is 1.36 bits per heavy atom. The van der Waals surface area contributed by atoms with Crippen LogP contribution in [0.1, 0.15) is 40.4 Å². The number of carbonyl (C=O) groups excluding carboxylic acids is 1. The summed E-state index contributed by atoms with van der Waals surface area (Å²) in [7, 11) is 0. The second kappa shape index (κ2) is 8.82. The van der Waals surface area contributed by atoms with E-state index in [0.717, 1.165) is 17.7 Å². The van der Waals surface area contributed by atoms with Crippen LogP contribution < -0.4 is 10.5 Å². The minimum atomic E-state index is -0.544. The van der Waals surface area contributed by atoms with E-state index in [1.54, 1.807) is 29.5 Å². The van der Waals surface area contributed by atoms with Crippen LogP contribution in [0.5, 0.6) is 5.75 Å². The molecule has 0 spiro atoms. The molecule has 1 atom stereocenters. The van der Waals surface area contributed by atoms with Gasteiger partial charge in [-0.1, -0.05) is 24.0 Å². The number of nitrogens with two attached hydrogens (primary N) is 1.